The lowest BCUT2D eigenvalue weighted by Crippen LogP contribution is -2.02. The van der Waals surface area contributed by atoms with Crippen LogP contribution in [0.3, 0.4) is 0 Å². The number of pyridine rings is 1. The van der Waals surface area contributed by atoms with Crippen LogP contribution in [0, 0.1) is 11.7 Å². The van der Waals surface area contributed by atoms with Gasteiger partial charge in [0.15, 0.2) is 0 Å². The minimum absolute atomic E-state index is 0.302. The highest BCUT2D eigenvalue weighted by atomic mass is 32.1. The van der Waals surface area contributed by atoms with Gasteiger partial charge in [-0.15, -0.1) is 11.3 Å². The first-order valence-electron chi connectivity index (χ1n) is 7.17. The molecule has 2 heterocycles. The summed E-state index contributed by atoms with van der Waals surface area (Å²) >= 11 is 1.71. The van der Waals surface area contributed by atoms with E-state index < -0.39 is 0 Å². The molecule has 0 radical (unpaired) electrons. The number of thiazole rings is 1. The molecule has 1 unspecified atom stereocenters. The smallest absolute Gasteiger partial charge is 0.142 e. The van der Waals surface area contributed by atoms with Gasteiger partial charge in [-0.1, -0.05) is 20.8 Å². The third kappa shape index (κ3) is 2.62. The van der Waals surface area contributed by atoms with Gasteiger partial charge in [0, 0.05) is 22.6 Å². The highest BCUT2D eigenvalue weighted by molar-refractivity contribution is 7.15. The molecular formula is C16H19FN2S. The van der Waals surface area contributed by atoms with Crippen molar-refractivity contribution in [3.63, 3.8) is 0 Å². The van der Waals surface area contributed by atoms with Gasteiger partial charge in [-0.2, -0.15) is 0 Å². The van der Waals surface area contributed by atoms with Crippen LogP contribution in [0.1, 0.15) is 56.0 Å². The summed E-state index contributed by atoms with van der Waals surface area (Å²) in [6, 6.07) is 1.52. The molecular weight excluding hydrogens is 271 g/mol. The number of nitrogens with zero attached hydrogens (tertiary/aromatic N) is 2. The number of hydrogen-bond donors (Lipinski definition) is 0. The van der Waals surface area contributed by atoms with Crippen molar-refractivity contribution in [3.05, 3.63) is 34.8 Å². The van der Waals surface area contributed by atoms with Gasteiger partial charge in [0.1, 0.15) is 10.8 Å². The molecule has 1 saturated carbocycles. The minimum atomic E-state index is -0.302. The zero-order valence-electron chi connectivity index (χ0n) is 12.1. The second-order valence-electron chi connectivity index (χ2n) is 5.97. The highest BCUT2D eigenvalue weighted by Gasteiger charge is 2.32. The van der Waals surface area contributed by atoms with E-state index in [9.17, 15) is 4.39 Å². The SMILES string of the molecule is CC(C)C(C)c1sc(-c2cncc(F)c2)nc1C1CC1. The van der Waals surface area contributed by atoms with Crippen LogP contribution < -0.4 is 0 Å². The summed E-state index contributed by atoms with van der Waals surface area (Å²) in [4.78, 5) is 10.1. The van der Waals surface area contributed by atoms with Gasteiger partial charge in [-0.05, 0) is 30.7 Å². The van der Waals surface area contributed by atoms with E-state index in [1.54, 1.807) is 17.5 Å². The van der Waals surface area contributed by atoms with Crippen LogP contribution in [-0.2, 0) is 0 Å². The van der Waals surface area contributed by atoms with Crippen LogP contribution >= 0.6 is 11.3 Å². The average Bonchev–Trinajstić information content (AvgIpc) is 3.17. The molecule has 106 valence electrons. The van der Waals surface area contributed by atoms with Gasteiger partial charge in [0.2, 0.25) is 0 Å². The first kappa shape index (κ1) is 13.7. The Hall–Kier alpha value is -1.29. The van der Waals surface area contributed by atoms with E-state index in [1.165, 1.54) is 35.7 Å². The molecule has 0 aromatic carbocycles. The van der Waals surface area contributed by atoms with Gasteiger partial charge >= 0.3 is 0 Å². The Kier molecular flexibility index (Phi) is 3.59. The third-order valence-corrected chi connectivity index (χ3v) is 5.33. The molecule has 0 spiro atoms. The van der Waals surface area contributed by atoms with E-state index in [4.69, 9.17) is 4.98 Å². The van der Waals surface area contributed by atoms with Gasteiger partial charge in [0.05, 0.1) is 11.9 Å². The van der Waals surface area contributed by atoms with E-state index in [0.29, 0.717) is 17.8 Å². The molecule has 1 aliphatic carbocycles. The molecule has 0 bridgehead atoms. The van der Waals surface area contributed by atoms with Gasteiger partial charge in [0.25, 0.3) is 0 Å². The molecule has 1 aliphatic rings. The fourth-order valence-corrected chi connectivity index (χ4v) is 3.63. The molecule has 3 rings (SSSR count). The second kappa shape index (κ2) is 5.24. The summed E-state index contributed by atoms with van der Waals surface area (Å²) in [6.07, 6.45) is 5.41. The Balaban J connectivity index is 2.03. The molecule has 4 heteroatoms. The number of aromatic nitrogens is 2. The van der Waals surface area contributed by atoms with Crippen molar-refractivity contribution >= 4 is 11.3 Å². The second-order valence-corrected chi connectivity index (χ2v) is 7.00. The van der Waals surface area contributed by atoms with E-state index >= 15 is 0 Å². The summed E-state index contributed by atoms with van der Waals surface area (Å²) in [5.41, 5.74) is 2.04. The zero-order valence-corrected chi connectivity index (χ0v) is 12.9. The van der Waals surface area contributed by atoms with Crippen molar-refractivity contribution < 1.29 is 4.39 Å². The van der Waals surface area contributed by atoms with E-state index in [1.807, 2.05) is 0 Å². The Morgan fingerprint density at radius 1 is 1.25 bits per heavy atom. The fraction of sp³-hybridized carbons (Fsp3) is 0.500. The summed E-state index contributed by atoms with van der Waals surface area (Å²) in [5.74, 6) is 1.41. The normalized spacial score (nSPS) is 16.6. The van der Waals surface area contributed by atoms with Gasteiger partial charge in [-0.3, -0.25) is 4.98 Å². The Bertz CT molecular complexity index is 617. The van der Waals surface area contributed by atoms with E-state index in [-0.39, 0.29) is 5.82 Å². The molecule has 1 fully saturated rings. The molecule has 0 N–H and O–H groups in total. The predicted molar refractivity (Wildman–Crippen MR) is 80.5 cm³/mol. The topological polar surface area (TPSA) is 25.8 Å². The summed E-state index contributed by atoms with van der Waals surface area (Å²) in [6.45, 7) is 6.74. The summed E-state index contributed by atoms with van der Waals surface area (Å²) < 4.78 is 13.3. The zero-order chi connectivity index (χ0) is 14.3. The number of rotatable bonds is 4. The monoisotopic (exact) mass is 290 g/mol. The van der Waals surface area contributed by atoms with E-state index in [2.05, 4.69) is 25.8 Å². The van der Waals surface area contributed by atoms with Crippen LogP contribution in [0.5, 0.6) is 0 Å². The largest absolute Gasteiger partial charge is 0.261 e. The maximum Gasteiger partial charge on any atom is 0.142 e. The number of halogens is 1. The molecule has 2 aromatic heterocycles. The molecule has 0 aliphatic heterocycles. The van der Waals surface area contributed by atoms with Crippen LogP contribution in [0.15, 0.2) is 18.5 Å². The Morgan fingerprint density at radius 3 is 2.60 bits per heavy atom. The first-order chi connectivity index (χ1) is 9.56. The van der Waals surface area contributed by atoms with Crippen molar-refractivity contribution in [2.45, 2.75) is 45.4 Å². The molecule has 1 atom stereocenters. The molecule has 2 aromatic rings. The van der Waals surface area contributed by atoms with Crippen LogP contribution in [0.25, 0.3) is 10.6 Å². The molecule has 0 amide bonds. The molecule has 0 saturated heterocycles. The van der Waals surface area contributed by atoms with Crippen LogP contribution in [0.2, 0.25) is 0 Å². The summed E-state index contributed by atoms with van der Waals surface area (Å²) in [7, 11) is 0. The maximum absolute atomic E-state index is 13.3. The van der Waals surface area contributed by atoms with Crippen LogP contribution in [-0.4, -0.2) is 9.97 Å². The van der Waals surface area contributed by atoms with Crippen molar-refractivity contribution in [1.82, 2.24) is 9.97 Å². The predicted octanol–water partition coefficient (Wildman–Crippen LogP) is 4.98. The van der Waals surface area contributed by atoms with Crippen molar-refractivity contribution in [2.75, 3.05) is 0 Å². The van der Waals surface area contributed by atoms with Crippen molar-refractivity contribution in [2.24, 2.45) is 5.92 Å². The standard InChI is InChI=1S/C16H19FN2S/c1-9(2)10(3)15-14(11-4-5-11)19-16(20-15)12-6-13(17)8-18-7-12/h6-11H,4-5H2,1-3H3. The first-order valence-corrected chi connectivity index (χ1v) is 7.99. The molecule has 20 heavy (non-hydrogen) atoms. The van der Waals surface area contributed by atoms with Crippen molar-refractivity contribution in [1.29, 1.82) is 0 Å². The van der Waals surface area contributed by atoms with Crippen molar-refractivity contribution in [3.8, 4) is 10.6 Å². The Labute approximate surface area is 123 Å². The lowest BCUT2D eigenvalue weighted by molar-refractivity contribution is 0.538. The quantitative estimate of drug-likeness (QED) is 0.793. The van der Waals surface area contributed by atoms with E-state index in [0.717, 1.165) is 10.6 Å². The lowest BCUT2D eigenvalue weighted by atomic mass is 9.94. The minimum Gasteiger partial charge on any atom is -0.261 e. The number of hydrogen-bond acceptors (Lipinski definition) is 3. The summed E-state index contributed by atoms with van der Waals surface area (Å²) in [5, 5.41) is 0.904. The Morgan fingerprint density at radius 2 is 2.00 bits per heavy atom. The highest BCUT2D eigenvalue weighted by Crippen LogP contribution is 2.47. The lowest BCUT2D eigenvalue weighted by Gasteiger charge is -2.14. The molecule has 2 nitrogen and oxygen atoms in total. The third-order valence-electron chi connectivity index (χ3n) is 4.01. The average molecular weight is 290 g/mol. The maximum atomic E-state index is 13.3. The van der Waals surface area contributed by atoms with Gasteiger partial charge in [-0.25, -0.2) is 9.37 Å². The fourth-order valence-electron chi connectivity index (χ4n) is 2.27. The van der Waals surface area contributed by atoms with Crippen LogP contribution in [0.4, 0.5) is 4.39 Å². The van der Waals surface area contributed by atoms with Gasteiger partial charge < -0.3 is 0 Å².